The minimum Gasteiger partial charge on any atom is -0.338 e. The smallest absolute Gasteiger partial charge is 0.257 e. The van der Waals surface area contributed by atoms with Crippen LogP contribution in [0.25, 0.3) is 5.69 Å². The largest absolute Gasteiger partial charge is 0.338 e. The van der Waals surface area contributed by atoms with Crippen molar-refractivity contribution in [2.45, 2.75) is 12.8 Å². The Balaban J connectivity index is 1.34. The molecule has 9 nitrogen and oxygen atoms in total. The summed E-state index contributed by atoms with van der Waals surface area (Å²) in [5, 5.41) is 4.81. The number of hydrogen-bond acceptors (Lipinski definition) is 5. The molecule has 4 rings (SSSR count). The van der Waals surface area contributed by atoms with Crippen LogP contribution in [0.3, 0.4) is 0 Å². The molecule has 0 unspecified atom stereocenters. The van der Waals surface area contributed by atoms with E-state index in [1.165, 1.54) is 6.20 Å². The third-order valence-corrected chi connectivity index (χ3v) is 5.51. The van der Waals surface area contributed by atoms with Gasteiger partial charge in [-0.3, -0.25) is 24.1 Å². The molecule has 2 saturated heterocycles. The quantitative estimate of drug-likeness (QED) is 0.674. The van der Waals surface area contributed by atoms with E-state index < -0.39 is 0 Å². The van der Waals surface area contributed by atoms with Gasteiger partial charge in [0.2, 0.25) is 17.7 Å². The number of piperazine rings is 1. The molecular formula is C20H20ClN5O4. The molecule has 0 N–H and O–H groups in total. The molecule has 2 aliphatic rings. The average molecular weight is 430 g/mol. The third kappa shape index (κ3) is 4.06. The van der Waals surface area contributed by atoms with Crippen LogP contribution in [-0.4, -0.2) is 80.8 Å². The van der Waals surface area contributed by atoms with Gasteiger partial charge >= 0.3 is 0 Å². The lowest BCUT2D eigenvalue weighted by atomic mass is 10.2. The van der Waals surface area contributed by atoms with E-state index in [1.807, 2.05) is 6.07 Å². The maximum Gasteiger partial charge on any atom is 0.257 e. The van der Waals surface area contributed by atoms with E-state index in [0.717, 1.165) is 10.6 Å². The molecule has 2 fully saturated rings. The van der Waals surface area contributed by atoms with Crippen LogP contribution in [0.1, 0.15) is 23.2 Å². The monoisotopic (exact) mass is 429 g/mol. The second-order valence-electron chi connectivity index (χ2n) is 7.20. The van der Waals surface area contributed by atoms with E-state index in [1.54, 1.807) is 38.9 Å². The minimum atomic E-state index is -0.307. The zero-order chi connectivity index (χ0) is 21.3. The number of aromatic nitrogens is 2. The van der Waals surface area contributed by atoms with Crippen LogP contribution in [0.5, 0.6) is 0 Å². The standard InChI is InChI=1S/C20H20ClN5O4/c21-15-2-1-3-16(10-15)26-12-14(11-22-26)20(30)24-8-6-23(7-9-24)19(29)13-25-17(27)4-5-18(25)28/h1-3,10-12H,4-9,13H2. The molecule has 0 spiro atoms. The van der Waals surface area contributed by atoms with Gasteiger partial charge < -0.3 is 9.80 Å². The molecule has 30 heavy (non-hydrogen) atoms. The van der Waals surface area contributed by atoms with Crippen molar-refractivity contribution in [2.24, 2.45) is 0 Å². The van der Waals surface area contributed by atoms with Crippen molar-refractivity contribution in [3.63, 3.8) is 0 Å². The van der Waals surface area contributed by atoms with E-state index in [9.17, 15) is 19.2 Å². The maximum atomic E-state index is 12.8. The summed E-state index contributed by atoms with van der Waals surface area (Å²) in [6.45, 7) is 1.22. The molecule has 4 amide bonds. The number of rotatable bonds is 4. The maximum absolute atomic E-state index is 12.8. The SMILES string of the molecule is O=C(CN1C(=O)CCC1=O)N1CCN(C(=O)c2cnn(-c3cccc(Cl)c3)c2)CC1. The number of halogens is 1. The first-order valence-electron chi connectivity index (χ1n) is 9.63. The molecule has 0 radical (unpaired) electrons. The average Bonchev–Trinajstić information content (AvgIpc) is 3.36. The fourth-order valence-corrected chi connectivity index (χ4v) is 3.75. The van der Waals surface area contributed by atoms with Crippen LogP contribution in [0.4, 0.5) is 0 Å². The van der Waals surface area contributed by atoms with E-state index in [-0.39, 0.29) is 43.0 Å². The summed E-state index contributed by atoms with van der Waals surface area (Å²) in [5.74, 6) is -1.06. The zero-order valence-electron chi connectivity index (χ0n) is 16.2. The van der Waals surface area contributed by atoms with Crippen LogP contribution in [0, 0.1) is 0 Å². The predicted molar refractivity (Wildman–Crippen MR) is 107 cm³/mol. The molecule has 156 valence electrons. The van der Waals surface area contributed by atoms with Gasteiger partial charge in [-0.2, -0.15) is 5.10 Å². The number of amides is 4. The Hall–Kier alpha value is -3.20. The van der Waals surface area contributed by atoms with Gasteiger partial charge in [0.05, 0.1) is 17.4 Å². The number of benzene rings is 1. The summed E-state index contributed by atoms with van der Waals surface area (Å²) in [5.41, 5.74) is 1.20. The number of carbonyl (C=O) groups is 4. The third-order valence-electron chi connectivity index (χ3n) is 5.27. The normalized spacial score (nSPS) is 17.0. The van der Waals surface area contributed by atoms with Gasteiger partial charge in [-0.25, -0.2) is 4.68 Å². The van der Waals surface area contributed by atoms with Gasteiger partial charge in [0.25, 0.3) is 5.91 Å². The van der Waals surface area contributed by atoms with Gasteiger partial charge in [-0.1, -0.05) is 17.7 Å². The Morgan fingerprint density at radius 1 is 1.00 bits per heavy atom. The van der Waals surface area contributed by atoms with Crippen LogP contribution in [-0.2, 0) is 14.4 Å². The molecule has 0 saturated carbocycles. The summed E-state index contributed by atoms with van der Waals surface area (Å²) in [4.78, 5) is 52.9. The Labute approximate surface area is 177 Å². The Morgan fingerprint density at radius 2 is 1.67 bits per heavy atom. The second kappa shape index (κ2) is 8.27. The number of carbonyl (C=O) groups excluding carboxylic acids is 4. The molecule has 1 aromatic carbocycles. The van der Waals surface area contributed by atoms with Crippen molar-refractivity contribution in [2.75, 3.05) is 32.7 Å². The Bertz CT molecular complexity index is 996. The first-order chi connectivity index (χ1) is 14.4. The van der Waals surface area contributed by atoms with E-state index in [4.69, 9.17) is 11.6 Å². The molecule has 0 aliphatic carbocycles. The number of likely N-dealkylation sites (tertiary alicyclic amines) is 1. The summed E-state index contributed by atoms with van der Waals surface area (Å²) in [6.07, 6.45) is 3.48. The highest BCUT2D eigenvalue weighted by atomic mass is 35.5. The van der Waals surface area contributed by atoms with Gasteiger partial charge in [-0.05, 0) is 18.2 Å². The summed E-state index contributed by atoms with van der Waals surface area (Å²) in [6, 6.07) is 7.16. The lowest BCUT2D eigenvalue weighted by Gasteiger charge is -2.35. The minimum absolute atomic E-state index is 0.164. The fraction of sp³-hybridized carbons (Fsp3) is 0.350. The summed E-state index contributed by atoms with van der Waals surface area (Å²) >= 11 is 6.01. The summed E-state index contributed by atoms with van der Waals surface area (Å²) < 4.78 is 1.59. The second-order valence-corrected chi connectivity index (χ2v) is 7.64. The lowest BCUT2D eigenvalue weighted by Crippen LogP contribution is -2.53. The van der Waals surface area contributed by atoms with Crippen molar-refractivity contribution >= 4 is 35.2 Å². The Morgan fingerprint density at radius 3 is 2.33 bits per heavy atom. The van der Waals surface area contributed by atoms with E-state index in [0.29, 0.717) is 36.8 Å². The first-order valence-corrected chi connectivity index (χ1v) is 10.0. The molecule has 2 aliphatic heterocycles. The Kier molecular flexibility index (Phi) is 5.54. The molecule has 1 aromatic heterocycles. The van der Waals surface area contributed by atoms with Crippen LogP contribution in [0.15, 0.2) is 36.7 Å². The predicted octanol–water partition coefficient (Wildman–Crippen LogP) is 0.959. The van der Waals surface area contributed by atoms with Gasteiger partial charge in [0, 0.05) is 50.2 Å². The highest BCUT2D eigenvalue weighted by molar-refractivity contribution is 6.30. The number of hydrogen-bond donors (Lipinski definition) is 0. The van der Waals surface area contributed by atoms with Crippen LogP contribution < -0.4 is 0 Å². The van der Waals surface area contributed by atoms with Gasteiger partial charge in [0.15, 0.2) is 0 Å². The van der Waals surface area contributed by atoms with Gasteiger partial charge in [0.1, 0.15) is 6.54 Å². The van der Waals surface area contributed by atoms with E-state index in [2.05, 4.69) is 5.10 Å². The molecular weight excluding hydrogens is 410 g/mol. The van der Waals surface area contributed by atoms with Crippen molar-refractivity contribution in [1.29, 1.82) is 0 Å². The highest BCUT2D eigenvalue weighted by Gasteiger charge is 2.33. The van der Waals surface area contributed by atoms with Crippen LogP contribution in [0.2, 0.25) is 5.02 Å². The molecule has 0 bridgehead atoms. The highest BCUT2D eigenvalue weighted by Crippen LogP contribution is 2.16. The molecule has 3 heterocycles. The zero-order valence-corrected chi connectivity index (χ0v) is 16.9. The molecule has 0 atom stereocenters. The molecule has 2 aromatic rings. The number of nitrogens with zero attached hydrogens (tertiary/aromatic N) is 5. The summed E-state index contributed by atoms with van der Waals surface area (Å²) in [7, 11) is 0. The molecule has 10 heteroatoms. The van der Waals surface area contributed by atoms with Gasteiger partial charge in [-0.15, -0.1) is 0 Å². The lowest BCUT2D eigenvalue weighted by molar-refractivity contribution is -0.146. The van der Waals surface area contributed by atoms with Crippen LogP contribution >= 0.6 is 11.6 Å². The number of imide groups is 1. The van der Waals surface area contributed by atoms with Crippen molar-refractivity contribution < 1.29 is 19.2 Å². The van der Waals surface area contributed by atoms with E-state index >= 15 is 0 Å². The van der Waals surface area contributed by atoms with Crippen molar-refractivity contribution in [1.82, 2.24) is 24.5 Å². The van der Waals surface area contributed by atoms with Crippen molar-refractivity contribution in [3.8, 4) is 5.69 Å². The first kappa shape index (κ1) is 20.1. The van der Waals surface area contributed by atoms with Crippen molar-refractivity contribution in [3.05, 3.63) is 47.2 Å². The fourth-order valence-electron chi connectivity index (χ4n) is 3.57. The topological polar surface area (TPSA) is 95.8 Å².